The summed E-state index contributed by atoms with van der Waals surface area (Å²) in [7, 11) is 0. The topological polar surface area (TPSA) is 221 Å². The minimum Gasteiger partial charge on any atom is -0.272 e. The SMILES string of the molecule is O=[N+]([O-])c1ccc(N/N=C\CCCCCC/C=N\Nc2ccc([N+](=O)[O-])cc2[N+](=O)[O-])c([N+](=O)[O-])c1. The Hall–Kier alpha value is -5.02. The smallest absolute Gasteiger partial charge is 0.272 e. The van der Waals surface area contributed by atoms with Crippen LogP contribution in [0.1, 0.15) is 38.5 Å². The first-order valence-corrected chi connectivity index (χ1v) is 10.6. The largest absolute Gasteiger partial charge is 0.301 e. The molecule has 0 spiro atoms. The van der Waals surface area contributed by atoms with Gasteiger partial charge in [0.1, 0.15) is 11.4 Å². The van der Waals surface area contributed by atoms with E-state index in [9.17, 15) is 40.5 Å². The van der Waals surface area contributed by atoms with Crippen molar-refractivity contribution in [3.8, 4) is 0 Å². The van der Waals surface area contributed by atoms with Gasteiger partial charge in [0.2, 0.25) is 0 Å². The molecule has 0 bridgehead atoms. The van der Waals surface area contributed by atoms with Crippen LogP contribution in [0, 0.1) is 40.5 Å². The molecule has 0 aliphatic carbocycles. The van der Waals surface area contributed by atoms with Crippen molar-refractivity contribution in [2.24, 2.45) is 10.2 Å². The third-order valence-electron chi connectivity index (χ3n) is 4.75. The molecule has 0 saturated heterocycles. The van der Waals surface area contributed by atoms with Crippen LogP contribution in [0.3, 0.4) is 0 Å². The van der Waals surface area contributed by atoms with E-state index in [1.54, 1.807) is 12.4 Å². The first-order chi connectivity index (χ1) is 17.2. The number of benzene rings is 2. The number of rotatable bonds is 15. The van der Waals surface area contributed by atoms with Crippen molar-refractivity contribution in [1.29, 1.82) is 0 Å². The monoisotopic (exact) mass is 502 g/mol. The van der Waals surface area contributed by atoms with Gasteiger partial charge in [-0.2, -0.15) is 10.2 Å². The highest BCUT2D eigenvalue weighted by Crippen LogP contribution is 2.29. The summed E-state index contributed by atoms with van der Waals surface area (Å²) in [6, 6.07) is 6.48. The predicted molar refractivity (Wildman–Crippen MR) is 131 cm³/mol. The number of nitrogens with zero attached hydrogens (tertiary/aromatic N) is 6. The summed E-state index contributed by atoms with van der Waals surface area (Å²) < 4.78 is 0. The number of anilines is 2. The van der Waals surface area contributed by atoms with Crippen molar-refractivity contribution < 1.29 is 19.7 Å². The van der Waals surface area contributed by atoms with Crippen LogP contribution >= 0.6 is 0 Å². The number of nitrogens with one attached hydrogen (secondary N) is 2. The van der Waals surface area contributed by atoms with E-state index in [-0.39, 0.29) is 22.7 Å². The molecule has 0 amide bonds. The molecule has 0 fully saturated rings. The Morgan fingerprint density at radius 1 is 0.611 bits per heavy atom. The van der Waals surface area contributed by atoms with Gasteiger partial charge in [0, 0.05) is 24.6 Å². The van der Waals surface area contributed by atoms with E-state index in [4.69, 9.17) is 0 Å². The number of hydrazone groups is 2. The third-order valence-corrected chi connectivity index (χ3v) is 4.75. The summed E-state index contributed by atoms with van der Waals surface area (Å²) in [5, 5.41) is 51.5. The van der Waals surface area contributed by atoms with Crippen LogP contribution < -0.4 is 10.9 Å². The van der Waals surface area contributed by atoms with Crippen molar-refractivity contribution in [2.45, 2.75) is 38.5 Å². The lowest BCUT2D eigenvalue weighted by Crippen LogP contribution is -1.98. The van der Waals surface area contributed by atoms with Gasteiger partial charge >= 0.3 is 11.4 Å². The fourth-order valence-corrected chi connectivity index (χ4v) is 2.94. The van der Waals surface area contributed by atoms with Gasteiger partial charge < -0.3 is 0 Å². The lowest BCUT2D eigenvalue weighted by atomic mass is 10.1. The fraction of sp³-hybridized carbons (Fsp3) is 0.300. The Morgan fingerprint density at radius 2 is 1.00 bits per heavy atom. The van der Waals surface area contributed by atoms with Crippen LogP contribution in [0.25, 0.3) is 0 Å². The number of nitro benzene ring substituents is 4. The molecule has 0 heterocycles. The molecule has 0 saturated carbocycles. The van der Waals surface area contributed by atoms with E-state index >= 15 is 0 Å². The second kappa shape index (κ2) is 13.6. The summed E-state index contributed by atoms with van der Waals surface area (Å²) in [5.41, 5.74) is 3.49. The summed E-state index contributed by atoms with van der Waals surface area (Å²) in [6.07, 6.45) is 7.77. The predicted octanol–water partition coefficient (Wildman–Crippen LogP) is 5.16. The molecule has 0 atom stereocenters. The lowest BCUT2D eigenvalue weighted by Gasteiger charge is -2.02. The Labute approximate surface area is 203 Å². The van der Waals surface area contributed by atoms with E-state index in [1.807, 2.05) is 0 Å². The molecule has 0 aliphatic heterocycles. The Bertz CT molecular complexity index is 1090. The molecule has 2 aromatic rings. The lowest BCUT2D eigenvalue weighted by molar-refractivity contribution is -0.393. The maximum atomic E-state index is 11.1. The summed E-state index contributed by atoms with van der Waals surface area (Å²) in [4.78, 5) is 40.8. The molecule has 2 rings (SSSR count). The van der Waals surface area contributed by atoms with Gasteiger partial charge in [-0.25, -0.2) is 0 Å². The Balaban J connectivity index is 1.66. The maximum Gasteiger partial charge on any atom is 0.301 e. The van der Waals surface area contributed by atoms with Gasteiger partial charge in [-0.1, -0.05) is 12.8 Å². The molecule has 2 aromatic carbocycles. The summed E-state index contributed by atoms with van der Waals surface area (Å²) in [6.45, 7) is 0. The number of hydrogen-bond acceptors (Lipinski definition) is 12. The van der Waals surface area contributed by atoms with Crippen LogP contribution in [0.2, 0.25) is 0 Å². The molecule has 0 unspecified atom stereocenters. The molecule has 16 heteroatoms. The quantitative estimate of drug-likeness (QED) is 0.141. The van der Waals surface area contributed by atoms with E-state index in [1.165, 1.54) is 12.1 Å². The highest BCUT2D eigenvalue weighted by Gasteiger charge is 2.20. The molecule has 2 N–H and O–H groups in total. The highest BCUT2D eigenvalue weighted by atomic mass is 16.6. The second-order valence-electron chi connectivity index (χ2n) is 7.27. The summed E-state index contributed by atoms with van der Waals surface area (Å²) >= 11 is 0. The molecule has 0 radical (unpaired) electrons. The van der Waals surface area contributed by atoms with Gasteiger partial charge in [0.15, 0.2) is 0 Å². The van der Waals surface area contributed by atoms with Crippen molar-refractivity contribution in [3.63, 3.8) is 0 Å². The van der Waals surface area contributed by atoms with Crippen LogP contribution in [-0.2, 0) is 0 Å². The van der Waals surface area contributed by atoms with E-state index in [0.717, 1.165) is 49.9 Å². The molecule has 190 valence electrons. The number of hydrogen-bond donors (Lipinski definition) is 2. The normalized spacial score (nSPS) is 11.0. The average molecular weight is 502 g/mol. The third kappa shape index (κ3) is 8.40. The second-order valence-corrected chi connectivity index (χ2v) is 7.27. The van der Waals surface area contributed by atoms with Gasteiger partial charge in [0.25, 0.3) is 11.4 Å². The van der Waals surface area contributed by atoms with Crippen molar-refractivity contribution in [3.05, 3.63) is 76.9 Å². The van der Waals surface area contributed by atoms with Crippen molar-refractivity contribution in [2.75, 3.05) is 10.9 Å². The van der Waals surface area contributed by atoms with Crippen LogP contribution in [-0.4, -0.2) is 32.1 Å². The zero-order valence-corrected chi connectivity index (χ0v) is 18.8. The molecular formula is C20H22N8O8. The zero-order valence-electron chi connectivity index (χ0n) is 18.8. The van der Waals surface area contributed by atoms with Gasteiger partial charge in [-0.3, -0.25) is 51.3 Å². The minimum atomic E-state index is -0.725. The van der Waals surface area contributed by atoms with Gasteiger partial charge in [-0.05, 0) is 37.8 Å². The standard InChI is InChI=1S/C20H22N8O8/c29-25(30)15-7-9-17(19(13-15)27(33)34)23-21-11-5-3-1-2-4-6-12-22-24-18-10-8-16(26(31)32)14-20(18)28(35)36/h7-14,23-24H,1-6H2/b21-11-,22-12-. The minimum absolute atomic E-state index is 0.0498. The van der Waals surface area contributed by atoms with Crippen LogP contribution in [0.15, 0.2) is 46.6 Å². The Morgan fingerprint density at radius 3 is 1.33 bits per heavy atom. The first-order valence-electron chi connectivity index (χ1n) is 10.6. The number of nitro groups is 4. The van der Waals surface area contributed by atoms with Crippen LogP contribution in [0.4, 0.5) is 34.1 Å². The van der Waals surface area contributed by atoms with Crippen molar-refractivity contribution >= 4 is 46.6 Å². The first kappa shape index (κ1) is 27.2. The van der Waals surface area contributed by atoms with Crippen LogP contribution in [0.5, 0.6) is 0 Å². The Kier molecular flexibility index (Phi) is 10.3. The van der Waals surface area contributed by atoms with Gasteiger partial charge in [-0.15, -0.1) is 0 Å². The molecular weight excluding hydrogens is 480 g/mol. The maximum absolute atomic E-state index is 11.1. The van der Waals surface area contributed by atoms with E-state index in [0.29, 0.717) is 12.8 Å². The number of unbranched alkanes of at least 4 members (excludes halogenated alkanes) is 5. The van der Waals surface area contributed by atoms with E-state index < -0.39 is 31.1 Å². The molecule has 16 nitrogen and oxygen atoms in total. The van der Waals surface area contributed by atoms with E-state index in [2.05, 4.69) is 21.1 Å². The average Bonchev–Trinajstić information content (AvgIpc) is 2.84. The molecule has 0 aromatic heterocycles. The fourth-order valence-electron chi connectivity index (χ4n) is 2.94. The van der Waals surface area contributed by atoms with Crippen molar-refractivity contribution in [1.82, 2.24) is 0 Å². The molecule has 36 heavy (non-hydrogen) atoms. The number of non-ortho nitro benzene ring substituents is 2. The highest BCUT2D eigenvalue weighted by molar-refractivity contribution is 5.68. The zero-order chi connectivity index (χ0) is 26.5. The summed E-state index contributed by atoms with van der Waals surface area (Å²) in [5.74, 6) is 0. The molecule has 0 aliphatic rings. The van der Waals surface area contributed by atoms with Gasteiger partial charge in [0.05, 0.1) is 31.8 Å².